The maximum absolute atomic E-state index is 12.5. The van der Waals surface area contributed by atoms with Crippen molar-refractivity contribution in [2.45, 2.75) is 84.3 Å². The first-order valence-corrected chi connectivity index (χ1v) is 12.3. The zero-order valence-corrected chi connectivity index (χ0v) is 19.0. The lowest BCUT2D eigenvalue weighted by Gasteiger charge is -2.57. The molecule has 0 aliphatic heterocycles. The van der Waals surface area contributed by atoms with Gasteiger partial charge in [-0.25, -0.2) is 4.79 Å². The zero-order chi connectivity index (χ0) is 21.6. The number of fused-ring (bicyclic) bond motifs is 5. The van der Waals surface area contributed by atoms with Gasteiger partial charge in [-0.3, -0.25) is 5.32 Å². The Hall–Kier alpha value is -1.81. The molecular weight excluding hydrogens is 386 g/mol. The Morgan fingerprint density at radius 2 is 1.90 bits per heavy atom. The Bertz CT molecular complexity index is 862. The number of allylic oxidation sites excluding steroid dienone is 1. The first kappa shape index (κ1) is 21.1. The maximum Gasteiger partial charge on any atom is 0.411 e. The van der Waals surface area contributed by atoms with Gasteiger partial charge in [0.15, 0.2) is 0 Å². The van der Waals surface area contributed by atoms with E-state index in [4.69, 9.17) is 9.84 Å². The van der Waals surface area contributed by atoms with Gasteiger partial charge in [-0.15, -0.1) is 0 Å². The van der Waals surface area contributed by atoms with Crippen LogP contribution < -0.4 is 5.32 Å². The Labute approximate surface area is 186 Å². The Kier molecular flexibility index (Phi) is 5.40. The van der Waals surface area contributed by atoms with E-state index in [2.05, 4.69) is 25.2 Å². The van der Waals surface area contributed by atoms with E-state index >= 15 is 0 Å². The highest BCUT2D eigenvalue weighted by molar-refractivity contribution is 5.84. The van der Waals surface area contributed by atoms with E-state index in [-0.39, 0.29) is 18.8 Å². The van der Waals surface area contributed by atoms with Gasteiger partial charge < -0.3 is 9.84 Å². The smallest absolute Gasteiger partial charge is 0.411 e. The van der Waals surface area contributed by atoms with Gasteiger partial charge in [0.25, 0.3) is 0 Å². The molecule has 1 aromatic carbocycles. The minimum Gasteiger partial charge on any atom is -0.446 e. The summed E-state index contributed by atoms with van der Waals surface area (Å²) in [5.74, 6) is 2.58. The van der Waals surface area contributed by atoms with Crippen LogP contribution in [0.1, 0.15) is 77.2 Å². The molecule has 0 saturated heterocycles. The van der Waals surface area contributed by atoms with Crippen molar-refractivity contribution in [1.82, 2.24) is 0 Å². The van der Waals surface area contributed by atoms with Gasteiger partial charge in [0, 0.05) is 12.1 Å². The molecule has 4 heteroatoms. The molecule has 1 aromatic rings. The van der Waals surface area contributed by atoms with Gasteiger partial charge >= 0.3 is 6.09 Å². The van der Waals surface area contributed by atoms with Crippen molar-refractivity contribution < 1.29 is 14.6 Å². The quantitative estimate of drug-likeness (QED) is 0.549. The number of aliphatic hydroxyl groups excluding tert-OH is 1. The lowest BCUT2D eigenvalue weighted by molar-refractivity contribution is -0.0369. The second kappa shape index (κ2) is 7.95. The average molecular weight is 424 g/mol. The summed E-state index contributed by atoms with van der Waals surface area (Å²) in [6.45, 7) is 5.07. The summed E-state index contributed by atoms with van der Waals surface area (Å²) >= 11 is 0. The van der Waals surface area contributed by atoms with Crippen molar-refractivity contribution in [2.24, 2.45) is 28.6 Å². The Morgan fingerprint density at radius 3 is 2.68 bits per heavy atom. The molecule has 0 spiro atoms. The van der Waals surface area contributed by atoms with Crippen LogP contribution >= 0.6 is 0 Å². The standard InChI is InChI=1S/C27H37NO3/c1-26-13-3-4-23(26)22-10-7-19-16-21(11-15-27(19,2)24(22)12-14-26)31-25(30)28-20-8-5-18(17-29)6-9-20/h5-9,21-24,29H,3-4,10-17H2,1-2H3,(H,28,30)/t21-,22?,23?,24?,26-,27-/m1/s1. The molecule has 3 unspecified atom stereocenters. The lowest BCUT2D eigenvalue weighted by Crippen LogP contribution is -2.49. The van der Waals surface area contributed by atoms with Crippen molar-refractivity contribution in [3.8, 4) is 0 Å². The average Bonchev–Trinajstić information content (AvgIpc) is 3.16. The summed E-state index contributed by atoms with van der Waals surface area (Å²) in [4.78, 5) is 12.5. The molecule has 0 bridgehead atoms. The third-order valence-electron chi connectivity index (χ3n) is 9.50. The van der Waals surface area contributed by atoms with E-state index in [0.717, 1.165) is 42.6 Å². The topological polar surface area (TPSA) is 58.6 Å². The van der Waals surface area contributed by atoms with E-state index in [1.807, 2.05) is 12.1 Å². The molecule has 4 nitrogen and oxygen atoms in total. The van der Waals surface area contributed by atoms with Crippen molar-refractivity contribution in [2.75, 3.05) is 5.32 Å². The largest absolute Gasteiger partial charge is 0.446 e. The van der Waals surface area contributed by atoms with Gasteiger partial charge in [0.2, 0.25) is 0 Å². The summed E-state index contributed by atoms with van der Waals surface area (Å²) in [6.07, 6.45) is 13.4. The van der Waals surface area contributed by atoms with Crippen LogP contribution in [0.15, 0.2) is 35.9 Å². The van der Waals surface area contributed by atoms with Gasteiger partial charge in [-0.05, 0) is 91.2 Å². The summed E-state index contributed by atoms with van der Waals surface area (Å²) in [5.41, 5.74) is 3.96. The zero-order valence-electron chi connectivity index (χ0n) is 19.0. The number of hydrogen-bond donors (Lipinski definition) is 2. The number of anilines is 1. The lowest BCUT2D eigenvalue weighted by atomic mass is 9.48. The van der Waals surface area contributed by atoms with Crippen molar-refractivity contribution in [1.29, 1.82) is 0 Å². The molecule has 5 rings (SSSR count). The molecule has 4 aliphatic rings. The number of hydrogen-bond acceptors (Lipinski definition) is 3. The monoisotopic (exact) mass is 423 g/mol. The highest BCUT2D eigenvalue weighted by atomic mass is 16.6. The van der Waals surface area contributed by atoms with Crippen molar-refractivity contribution >= 4 is 11.8 Å². The molecular formula is C27H37NO3. The number of aliphatic hydroxyl groups is 1. The molecule has 168 valence electrons. The minimum atomic E-state index is -0.376. The maximum atomic E-state index is 12.5. The number of nitrogens with one attached hydrogen (secondary N) is 1. The summed E-state index contributed by atoms with van der Waals surface area (Å²) in [6, 6.07) is 7.22. The Morgan fingerprint density at radius 1 is 1.10 bits per heavy atom. The molecule has 31 heavy (non-hydrogen) atoms. The van der Waals surface area contributed by atoms with Crippen LogP contribution in [-0.2, 0) is 11.3 Å². The van der Waals surface area contributed by atoms with Crippen molar-refractivity contribution in [3.63, 3.8) is 0 Å². The fourth-order valence-electron chi connectivity index (χ4n) is 7.71. The van der Waals surface area contributed by atoms with Gasteiger partial charge in [0.1, 0.15) is 6.10 Å². The van der Waals surface area contributed by atoms with Crippen LogP contribution in [0.4, 0.5) is 10.5 Å². The summed E-state index contributed by atoms with van der Waals surface area (Å²) in [7, 11) is 0. The second-order valence-electron chi connectivity index (χ2n) is 11.1. The van der Waals surface area contributed by atoms with Crippen LogP contribution in [0, 0.1) is 28.6 Å². The van der Waals surface area contributed by atoms with Gasteiger partial charge in [0.05, 0.1) is 6.61 Å². The molecule has 3 saturated carbocycles. The molecule has 0 radical (unpaired) electrons. The SMILES string of the molecule is C[C@]12CCCC1C1CC=C3C[C@H](OC(=O)Nc4ccc(CO)cc4)CC[C@@]3(C)C1CC2. The summed E-state index contributed by atoms with van der Waals surface area (Å²) in [5, 5.41) is 12.0. The van der Waals surface area contributed by atoms with Gasteiger partial charge in [-0.2, -0.15) is 0 Å². The fourth-order valence-corrected chi connectivity index (χ4v) is 7.71. The molecule has 2 N–H and O–H groups in total. The van der Waals surface area contributed by atoms with Gasteiger partial charge in [-0.1, -0.05) is 44.1 Å². The molecule has 6 atom stereocenters. The second-order valence-corrected chi connectivity index (χ2v) is 11.1. The number of amides is 1. The normalized spacial score (nSPS) is 39.0. The highest BCUT2D eigenvalue weighted by Gasteiger charge is 2.55. The summed E-state index contributed by atoms with van der Waals surface area (Å²) < 4.78 is 5.83. The van der Waals surface area contributed by atoms with E-state index < -0.39 is 0 Å². The number of carbonyl (C=O) groups excluding carboxylic acids is 1. The fraction of sp³-hybridized carbons (Fsp3) is 0.667. The molecule has 1 amide bonds. The first-order valence-electron chi connectivity index (χ1n) is 12.3. The predicted molar refractivity (Wildman–Crippen MR) is 123 cm³/mol. The van der Waals surface area contributed by atoms with E-state index in [9.17, 15) is 4.79 Å². The number of rotatable bonds is 3. The van der Waals surface area contributed by atoms with E-state index in [1.54, 1.807) is 17.7 Å². The number of benzene rings is 1. The Balaban J connectivity index is 1.23. The third kappa shape index (κ3) is 3.71. The van der Waals surface area contributed by atoms with Crippen LogP contribution in [0.3, 0.4) is 0 Å². The first-order chi connectivity index (χ1) is 14.9. The van der Waals surface area contributed by atoms with E-state index in [0.29, 0.717) is 16.5 Å². The molecule has 4 aliphatic carbocycles. The number of ether oxygens (including phenoxy) is 1. The van der Waals surface area contributed by atoms with Crippen molar-refractivity contribution in [3.05, 3.63) is 41.5 Å². The van der Waals surface area contributed by atoms with Crippen LogP contribution in [0.25, 0.3) is 0 Å². The molecule has 0 heterocycles. The molecule has 0 aromatic heterocycles. The third-order valence-corrected chi connectivity index (χ3v) is 9.50. The highest BCUT2D eigenvalue weighted by Crippen LogP contribution is 2.64. The predicted octanol–water partition coefficient (Wildman–Crippen LogP) is 6.45. The van der Waals surface area contributed by atoms with Crippen LogP contribution in [-0.4, -0.2) is 17.3 Å². The molecule has 3 fully saturated rings. The minimum absolute atomic E-state index is 0.00250. The number of carbonyl (C=O) groups is 1. The van der Waals surface area contributed by atoms with E-state index in [1.165, 1.54) is 38.5 Å². The van der Waals surface area contributed by atoms with Crippen LogP contribution in [0.5, 0.6) is 0 Å². The van der Waals surface area contributed by atoms with Crippen LogP contribution in [0.2, 0.25) is 0 Å².